The van der Waals surface area contributed by atoms with E-state index in [2.05, 4.69) is 6.58 Å². The molecule has 0 saturated carbocycles. The highest BCUT2D eigenvalue weighted by atomic mass is 32.2. The van der Waals surface area contributed by atoms with E-state index in [-0.39, 0.29) is 15.8 Å². The molecule has 4 nitrogen and oxygen atoms in total. The summed E-state index contributed by atoms with van der Waals surface area (Å²) < 4.78 is 31.5. The summed E-state index contributed by atoms with van der Waals surface area (Å²) in [7, 11) is -2.35. The first-order valence-electron chi connectivity index (χ1n) is 6.84. The first kappa shape index (κ1) is 17.2. The van der Waals surface area contributed by atoms with Crippen LogP contribution >= 0.6 is 12.2 Å². The van der Waals surface area contributed by atoms with Gasteiger partial charge in [-0.1, -0.05) is 48.0 Å². The first-order chi connectivity index (χ1) is 10.8. The number of benzene rings is 2. The van der Waals surface area contributed by atoms with Crippen molar-refractivity contribution < 1.29 is 13.2 Å². The number of hydrogen-bond donors (Lipinski definition) is 0. The molecule has 6 heteroatoms. The third-order valence-corrected chi connectivity index (χ3v) is 5.36. The fourth-order valence-corrected chi connectivity index (χ4v) is 3.14. The largest absolute Gasteiger partial charge is 0.429 e. The van der Waals surface area contributed by atoms with E-state index in [1.54, 1.807) is 36.4 Å². The van der Waals surface area contributed by atoms with Crippen molar-refractivity contribution in [3.05, 3.63) is 78.2 Å². The van der Waals surface area contributed by atoms with Gasteiger partial charge in [0, 0.05) is 12.6 Å². The number of nitrogens with zero attached hydrogens (tertiary/aromatic N) is 1. The van der Waals surface area contributed by atoms with Crippen LogP contribution in [0.5, 0.6) is 0 Å². The van der Waals surface area contributed by atoms with Crippen LogP contribution < -0.4 is 0 Å². The zero-order valence-corrected chi connectivity index (χ0v) is 14.5. The lowest BCUT2D eigenvalue weighted by atomic mass is 10.2. The lowest BCUT2D eigenvalue weighted by Gasteiger charge is -2.21. The summed E-state index contributed by atoms with van der Waals surface area (Å²) in [6.07, 6.45) is 0. The Morgan fingerprint density at radius 3 is 2.22 bits per heavy atom. The second-order valence-corrected chi connectivity index (χ2v) is 7.27. The van der Waals surface area contributed by atoms with Crippen LogP contribution in [0.4, 0.5) is 0 Å². The van der Waals surface area contributed by atoms with Crippen LogP contribution in [0.1, 0.15) is 11.1 Å². The van der Waals surface area contributed by atoms with Crippen LogP contribution in [0.25, 0.3) is 0 Å². The molecule has 0 heterocycles. The number of ether oxygens (including phenoxy) is 1. The lowest BCUT2D eigenvalue weighted by Crippen LogP contribution is -2.28. The molecule has 0 aliphatic heterocycles. The van der Waals surface area contributed by atoms with Gasteiger partial charge in [0.2, 0.25) is 5.88 Å². The van der Waals surface area contributed by atoms with E-state index < -0.39 is 10.0 Å². The molecule has 2 aromatic carbocycles. The molecule has 0 saturated heterocycles. The quantitative estimate of drug-likeness (QED) is 0.614. The number of rotatable bonds is 5. The molecule has 0 atom stereocenters. The van der Waals surface area contributed by atoms with Crippen molar-refractivity contribution in [3.63, 3.8) is 0 Å². The van der Waals surface area contributed by atoms with E-state index >= 15 is 0 Å². The highest BCUT2D eigenvalue weighted by molar-refractivity contribution is 7.89. The molecule has 120 valence electrons. The Balaban J connectivity index is 2.16. The Labute approximate surface area is 142 Å². The summed E-state index contributed by atoms with van der Waals surface area (Å²) in [5, 5.41) is 0.168. The first-order valence-corrected chi connectivity index (χ1v) is 8.69. The summed E-state index contributed by atoms with van der Waals surface area (Å²) in [4.78, 5) is 0.168. The molecule has 0 N–H and O–H groups in total. The van der Waals surface area contributed by atoms with Gasteiger partial charge in [-0.3, -0.25) is 0 Å². The Morgan fingerprint density at radius 2 is 1.65 bits per heavy atom. The topological polar surface area (TPSA) is 46.6 Å². The van der Waals surface area contributed by atoms with Gasteiger partial charge in [-0.15, -0.1) is 0 Å². The highest BCUT2D eigenvalue weighted by Crippen LogP contribution is 2.19. The van der Waals surface area contributed by atoms with Crippen molar-refractivity contribution >= 4 is 27.3 Å². The third-order valence-electron chi connectivity index (χ3n) is 3.25. The lowest BCUT2D eigenvalue weighted by molar-refractivity contribution is 0.322. The summed E-state index contributed by atoms with van der Waals surface area (Å²) in [5.41, 5.74) is 1.66. The van der Waals surface area contributed by atoms with E-state index in [1.807, 2.05) is 25.1 Å². The molecule has 0 aliphatic rings. The molecule has 2 rings (SSSR count). The molecule has 0 unspecified atom stereocenters. The number of sulfonamides is 1. The summed E-state index contributed by atoms with van der Waals surface area (Å²) in [6.45, 7) is 5.56. The van der Waals surface area contributed by atoms with Crippen molar-refractivity contribution in [2.45, 2.75) is 11.8 Å². The van der Waals surface area contributed by atoms with Crippen LogP contribution in [-0.2, 0) is 14.8 Å². The van der Waals surface area contributed by atoms with Crippen molar-refractivity contribution in [2.24, 2.45) is 0 Å². The van der Waals surface area contributed by atoms with Crippen LogP contribution in [0.3, 0.4) is 0 Å². The number of aryl methyl sites for hydroxylation is 1. The van der Waals surface area contributed by atoms with E-state index in [1.165, 1.54) is 7.05 Å². The maximum atomic E-state index is 12.5. The summed E-state index contributed by atoms with van der Waals surface area (Å²) >= 11 is 5.17. The van der Waals surface area contributed by atoms with Crippen molar-refractivity contribution in [2.75, 3.05) is 7.05 Å². The maximum Gasteiger partial charge on any atom is 0.266 e. The standard InChI is InChI=1S/C17H17NO3S2/c1-13-9-11-16(12-10-13)23(19,20)18(3)14(2)21-17(22)15-7-5-4-6-8-15/h4-12H,2H2,1,3H3. The maximum absolute atomic E-state index is 12.5. The van der Waals surface area contributed by atoms with Gasteiger partial charge in [-0.05, 0) is 37.9 Å². The Morgan fingerprint density at radius 1 is 1.09 bits per heavy atom. The van der Waals surface area contributed by atoms with E-state index in [0.717, 1.165) is 9.87 Å². The molecule has 0 bridgehead atoms. The Kier molecular flexibility index (Phi) is 5.18. The van der Waals surface area contributed by atoms with Gasteiger partial charge in [0.05, 0.1) is 4.90 Å². The van der Waals surface area contributed by atoms with Crippen molar-refractivity contribution in [1.82, 2.24) is 4.31 Å². The fraction of sp³-hybridized carbons (Fsp3) is 0.118. The molecule has 23 heavy (non-hydrogen) atoms. The summed E-state index contributed by atoms with van der Waals surface area (Å²) in [5.74, 6) is -0.0561. The van der Waals surface area contributed by atoms with Gasteiger partial charge < -0.3 is 4.74 Å². The third kappa shape index (κ3) is 3.97. The molecule has 0 aromatic heterocycles. The highest BCUT2D eigenvalue weighted by Gasteiger charge is 2.23. The van der Waals surface area contributed by atoms with Crippen LogP contribution in [0.15, 0.2) is 72.0 Å². The van der Waals surface area contributed by atoms with Crippen LogP contribution in [-0.4, -0.2) is 24.8 Å². The zero-order valence-electron chi connectivity index (χ0n) is 12.9. The monoisotopic (exact) mass is 347 g/mol. The number of hydrogen-bond acceptors (Lipinski definition) is 4. The minimum absolute atomic E-state index is 0.0561. The number of thiocarbonyl (C=S) groups is 1. The van der Waals surface area contributed by atoms with Gasteiger partial charge >= 0.3 is 0 Å². The molecule has 2 aromatic rings. The van der Waals surface area contributed by atoms with Crippen LogP contribution in [0.2, 0.25) is 0 Å². The average molecular weight is 347 g/mol. The van der Waals surface area contributed by atoms with E-state index in [4.69, 9.17) is 17.0 Å². The SMILES string of the molecule is C=C(OC(=S)c1ccccc1)N(C)S(=O)(=O)c1ccc(C)cc1. The predicted molar refractivity (Wildman–Crippen MR) is 94.5 cm³/mol. The van der Waals surface area contributed by atoms with Gasteiger partial charge in [0.25, 0.3) is 10.0 Å². The van der Waals surface area contributed by atoms with E-state index in [0.29, 0.717) is 5.56 Å². The second kappa shape index (κ2) is 6.93. The second-order valence-electron chi connectivity index (χ2n) is 4.93. The van der Waals surface area contributed by atoms with Crippen molar-refractivity contribution in [1.29, 1.82) is 0 Å². The normalized spacial score (nSPS) is 10.9. The van der Waals surface area contributed by atoms with Gasteiger partial charge in [-0.25, -0.2) is 12.7 Å². The van der Waals surface area contributed by atoms with Gasteiger partial charge in [0.15, 0.2) is 5.05 Å². The molecule has 0 amide bonds. The molecule has 0 spiro atoms. The molecule has 0 radical (unpaired) electrons. The molecule has 0 fully saturated rings. The van der Waals surface area contributed by atoms with E-state index in [9.17, 15) is 8.42 Å². The predicted octanol–water partition coefficient (Wildman–Crippen LogP) is 3.48. The van der Waals surface area contributed by atoms with Crippen LogP contribution in [0, 0.1) is 6.92 Å². The Hall–Kier alpha value is -2.18. The smallest absolute Gasteiger partial charge is 0.266 e. The molecular weight excluding hydrogens is 330 g/mol. The zero-order chi connectivity index (χ0) is 17.0. The molecule has 0 aliphatic carbocycles. The average Bonchev–Trinajstić information content (AvgIpc) is 2.55. The minimum atomic E-state index is -3.73. The minimum Gasteiger partial charge on any atom is -0.429 e. The van der Waals surface area contributed by atoms with Crippen molar-refractivity contribution in [3.8, 4) is 0 Å². The van der Waals surface area contributed by atoms with Gasteiger partial charge in [0.1, 0.15) is 0 Å². The summed E-state index contributed by atoms with van der Waals surface area (Å²) in [6, 6.07) is 15.6. The molecular formula is C17H17NO3S2. The van der Waals surface area contributed by atoms with Gasteiger partial charge in [-0.2, -0.15) is 0 Å². The Bertz CT molecular complexity index is 813. The fourth-order valence-electron chi connectivity index (χ4n) is 1.81.